The van der Waals surface area contributed by atoms with Gasteiger partial charge in [-0.1, -0.05) is 55.2 Å². The van der Waals surface area contributed by atoms with E-state index in [2.05, 4.69) is 10.0 Å². The average Bonchev–Trinajstić information content (AvgIpc) is 2.74. The first-order valence-corrected chi connectivity index (χ1v) is 12.1. The molecule has 0 saturated heterocycles. The lowest BCUT2D eigenvalue weighted by Crippen LogP contribution is -2.17. The smallest absolute Gasteiger partial charge is 0.262 e. The van der Waals surface area contributed by atoms with Crippen molar-refractivity contribution in [2.45, 2.75) is 31.6 Å². The van der Waals surface area contributed by atoms with Gasteiger partial charge in [0.2, 0.25) is 0 Å². The van der Waals surface area contributed by atoms with Crippen molar-refractivity contribution in [1.82, 2.24) is 0 Å². The fourth-order valence-corrected chi connectivity index (χ4v) is 4.84. The number of rotatable bonds is 7. The summed E-state index contributed by atoms with van der Waals surface area (Å²) in [5, 5.41) is 2.86. The lowest BCUT2D eigenvalue weighted by Gasteiger charge is -2.16. The molecule has 0 aromatic heterocycles. The molecule has 0 aliphatic heterocycles. The number of amides is 1. The van der Waals surface area contributed by atoms with Crippen LogP contribution in [-0.4, -0.2) is 14.3 Å². The molecule has 1 amide bonds. The van der Waals surface area contributed by atoms with Gasteiger partial charge in [-0.3, -0.25) is 9.52 Å². The van der Waals surface area contributed by atoms with E-state index in [-0.39, 0.29) is 21.2 Å². The molecule has 5 nitrogen and oxygen atoms in total. The Balaban J connectivity index is 1.87. The number of carbonyl (C=O) groups is 1. The third-order valence-electron chi connectivity index (χ3n) is 4.91. The maximum absolute atomic E-state index is 14.7. The average molecular weight is 495 g/mol. The van der Waals surface area contributed by atoms with Gasteiger partial charge in [0.25, 0.3) is 15.9 Å². The molecule has 0 atom stereocenters. The predicted molar refractivity (Wildman–Crippen MR) is 127 cm³/mol. The normalized spacial score (nSPS) is 11.3. The molecule has 0 unspecified atom stereocenters. The van der Waals surface area contributed by atoms with E-state index in [9.17, 15) is 17.6 Å². The minimum absolute atomic E-state index is 0.108. The number of para-hydroxylation sites is 1. The van der Waals surface area contributed by atoms with Crippen LogP contribution >= 0.6 is 23.2 Å². The molecule has 0 bridgehead atoms. The van der Waals surface area contributed by atoms with Crippen molar-refractivity contribution in [2.24, 2.45) is 0 Å². The molecule has 0 saturated carbocycles. The molecule has 0 aliphatic rings. The monoisotopic (exact) mass is 494 g/mol. The van der Waals surface area contributed by atoms with Crippen LogP contribution in [0.1, 0.15) is 35.3 Å². The van der Waals surface area contributed by atoms with Crippen molar-refractivity contribution in [3.05, 3.63) is 87.2 Å². The number of benzene rings is 3. The minimum atomic E-state index is -4.05. The Morgan fingerprint density at radius 3 is 2.19 bits per heavy atom. The summed E-state index contributed by atoms with van der Waals surface area (Å²) in [5.74, 6) is -1.55. The second kappa shape index (κ2) is 9.90. The number of hydrogen-bond acceptors (Lipinski definition) is 3. The van der Waals surface area contributed by atoms with Crippen LogP contribution in [0.15, 0.2) is 59.5 Å². The van der Waals surface area contributed by atoms with Gasteiger partial charge in [0.05, 0.1) is 26.9 Å². The van der Waals surface area contributed by atoms with Gasteiger partial charge in [0.1, 0.15) is 5.82 Å². The van der Waals surface area contributed by atoms with Crippen molar-refractivity contribution in [3.63, 3.8) is 0 Å². The number of nitrogens with one attached hydrogen (secondary N) is 2. The van der Waals surface area contributed by atoms with Crippen molar-refractivity contribution in [1.29, 1.82) is 0 Å². The molecule has 32 heavy (non-hydrogen) atoms. The van der Waals surface area contributed by atoms with E-state index in [0.29, 0.717) is 23.6 Å². The van der Waals surface area contributed by atoms with Crippen LogP contribution in [-0.2, 0) is 22.9 Å². The molecule has 168 valence electrons. The molecule has 3 aromatic carbocycles. The van der Waals surface area contributed by atoms with E-state index in [4.69, 9.17) is 23.2 Å². The second-order valence-corrected chi connectivity index (χ2v) is 9.51. The highest BCUT2D eigenvalue weighted by molar-refractivity contribution is 7.92. The van der Waals surface area contributed by atoms with Crippen LogP contribution in [0.2, 0.25) is 10.0 Å². The minimum Gasteiger partial charge on any atom is -0.319 e. The first-order chi connectivity index (χ1) is 15.2. The first-order valence-electron chi connectivity index (χ1n) is 9.85. The predicted octanol–water partition coefficient (Wildman–Crippen LogP) is 6.31. The van der Waals surface area contributed by atoms with Gasteiger partial charge in [-0.25, -0.2) is 12.8 Å². The molecule has 0 aliphatic carbocycles. The maximum Gasteiger partial charge on any atom is 0.262 e. The van der Waals surface area contributed by atoms with Crippen molar-refractivity contribution < 1.29 is 17.6 Å². The van der Waals surface area contributed by atoms with E-state index in [1.165, 1.54) is 30.3 Å². The van der Waals surface area contributed by atoms with Gasteiger partial charge in [-0.05, 0) is 60.4 Å². The van der Waals surface area contributed by atoms with E-state index in [1.807, 2.05) is 32.0 Å². The summed E-state index contributed by atoms with van der Waals surface area (Å²) in [7, 11) is -4.05. The molecular weight excluding hydrogens is 474 g/mol. The quantitative estimate of drug-likeness (QED) is 0.403. The van der Waals surface area contributed by atoms with E-state index < -0.39 is 21.7 Å². The molecular formula is C23H21Cl2FN2O3S. The zero-order chi connectivity index (χ0) is 23.5. The third kappa shape index (κ3) is 5.23. The van der Waals surface area contributed by atoms with Gasteiger partial charge in [0, 0.05) is 5.02 Å². The molecule has 3 aromatic rings. The van der Waals surface area contributed by atoms with E-state index in [1.54, 1.807) is 0 Å². The number of carbonyl (C=O) groups excluding carboxylic acids is 1. The largest absolute Gasteiger partial charge is 0.319 e. The zero-order valence-electron chi connectivity index (χ0n) is 17.4. The first kappa shape index (κ1) is 24.0. The highest BCUT2D eigenvalue weighted by Gasteiger charge is 2.20. The maximum atomic E-state index is 14.7. The molecule has 0 heterocycles. The number of sulfonamides is 1. The summed E-state index contributed by atoms with van der Waals surface area (Å²) in [5.41, 5.74) is 2.13. The van der Waals surface area contributed by atoms with Crippen LogP contribution in [0, 0.1) is 5.82 Å². The third-order valence-corrected chi connectivity index (χ3v) is 6.81. The zero-order valence-corrected chi connectivity index (χ0v) is 19.7. The lowest BCUT2D eigenvalue weighted by atomic mass is 10.0. The van der Waals surface area contributed by atoms with E-state index >= 15 is 0 Å². The van der Waals surface area contributed by atoms with Gasteiger partial charge in [-0.2, -0.15) is 0 Å². The summed E-state index contributed by atoms with van der Waals surface area (Å²) in [6.07, 6.45) is 1.27. The van der Waals surface area contributed by atoms with Crippen LogP contribution in [0.5, 0.6) is 0 Å². The summed E-state index contributed by atoms with van der Waals surface area (Å²) in [6.45, 7) is 3.85. The number of hydrogen-bond donors (Lipinski definition) is 2. The van der Waals surface area contributed by atoms with E-state index in [0.717, 1.165) is 17.2 Å². The molecule has 2 N–H and O–H groups in total. The molecule has 0 spiro atoms. The van der Waals surface area contributed by atoms with Crippen molar-refractivity contribution in [3.8, 4) is 0 Å². The lowest BCUT2D eigenvalue weighted by molar-refractivity contribution is 0.102. The number of aryl methyl sites for hydroxylation is 2. The number of anilines is 2. The topological polar surface area (TPSA) is 75.3 Å². The van der Waals surface area contributed by atoms with Crippen LogP contribution < -0.4 is 10.0 Å². The summed E-state index contributed by atoms with van der Waals surface area (Å²) >= 11 is 11.8. The summed E-state index contributed by atoms with van der Waals surface area (Å²) in [6, 6.07) is 13.1. The second-order valence-electron chi connectivity index (χ2n) is 6.98. The van der Waals surface area contributed by atoms with Crippen LogP contribution in [0.25, 0.3) is 0 Å². The standard InChI is InChI=1S/C23H21Cl2FN2O3S/c1-3-14-6-5-7-15(4-2)22(14)28-32(30,31)17-9-11-21(20(26)13-17)27-23(29)18-10-8-16(24)12-19(18)25/h5-13,28H,3-4H2,1-2H3,(H,27,29). The highest BCUT2D eigenvalue weighted by atomic mass is 35.5. The van der Waals surface area contributed by atoms with Crippen molar-refractivity contribution >= 4 is 50.5 Å². The number of halogens is 3. The summed E-state index contributed by atoms with van der Waals surface area (Å²) in [4.78, 5) is 12.2. The fourth-order valence-electron chi connectivity index (χ4n) is 3.19. The Kier molecular flexibility index (Phi) is 7.44. The Morgan fingerprint density at radius 1 is 0.969 bits per heavy atom. The summed E-state index contributed by atoms with van der Waals surface area (Å²) < 4.78 is 43.1. The fraction of sp³-hybridized carbons (Fsp3) is 0.174. The van der Waals surface area contributed by atoms with Crippen LogP contribution in [0.3, 0.4) is 0 Å². The van der Waals surface area contributed by atoms with Crippen LogP contribution in [0.4, 0.5) is 15.8 Å². The molecule has 9 heteroatoms. The molecule has 0 fully saturated rings. The Labute approximate surface area is 196 Å². The van der Waals surface area contributed by atoms with Gasteiger partial charge in [-0.15, -0.1) is 0 Å². The van der Waals surface area contributed by atoms with Gasteiger partial charge >= 0.3 is 0 Å². The Hall–Kier alpha value is -2.61. The highest BCUT2D eigenvalue weighted by Crippen LogP contribution is 2.28. The van der Waals surface area contributed by atoms with Gasteiger partial charge < -0.3 is 5.32 Å². The Morgan fingerprint density at radius 2 is 1.62 bits per heavy atom. The molecule has 0 radical (unpaired) electrons. The SMILES string of the molecule is CCc1cccc(CC)c1NS(=O)(=O)c1ccc(NC(=O)c2ccc(Cl)cc2Cl)c(F)c1. The Bertz CT molecular complexity index is 1260. The molecule has 3 rings (SSSR count). The van der Waals surface area contributed by atoms with Crippen molar-refractivity contribution in [2.75, 3.05) is 10.0 Å². The van der Waals surface area contributed by atoms with Gasteiger partial charge in [0.15, 0.2) is 0 Å².